The number of likely N-dealkylation sites (N-methyl/N-ethyl adjacent to an activating group) is 1. The number of hydrogen-bond donors (Lipinski definition) is 0. The molecule has 0 radical (unpaired) electrons. The van der Waals surface area contributed by atoms with Crippen molar-refractivity contribution < 1.29 is 13.2 Å². The number of piperidine rings is 1. The number of likely N-dealkylation sites (tertiary alicyclic amines) is 1. The van der Waals surface area contributed by atoms with Crippen LogP contribution in [-0.2, 0) is 21.8 Å². The minimum absolute atomic E-state index is 0.00506. The van der Waals surface area contributed by atoms with Crippen LogP contribution in [0.2, 0.25) is 0 Å². The molecule has 0 amide bonds. The van der Waals surface area contributed by atoms with Crippen molar-refractivity contribution in [2.75, 3.05) is 33.3 Å². The van der Waals surface area contributed by atoms with Gasteiger partial charge in [-0.25, -0.2) is 13.4 Å². The van der Waals surface area contributed by atoms with E-state index in [1.165, 1.54) is 0 Å². The van der Waals surface area contributed by atoms with Crippen LogP contribution in [-0.4, -0.2) is 72.6 Å². The Kier molecular flexibility index (Phi) is 3.81. The van der Waals surface area contributed by atoms with Gasteiger partial charge in [-0.15, -0.1) is 0 Å². The molecule has 1 aromatic heterocycles. The summed E-state index contributed by atoms with van der Waals surface area (Å²) in [5.41, 5.74) is 0. The molecular formula is C13H22N4O3S. The molecule has 0 unspecified atom stereocenters. The van der Waals surface area contributed by atoms with E-state index in [-0.39, 0.29) is 17.2 Å². The first kappa shape index (κ1) is 15.0. The Bertz CT molecular complexity index is 608. The maximum atomic E-state index is 12.9. The molecule has 0 aliphatic carbocycles. The lowest BCUT2D eigenvalue weighted by Gasteiger charge is -2.45. The Morgan fingerprint density at radius 1 is 1.33 bits per heavy atom. The Morgan fingerprint density at radius 3 is 2.76 bits per heavy atom. The zero-order chi connectivity index (χ0) is 15.2. The van der Waals surface area contributed by atoms with Crippen molar-refractivity contribution in [3.63, 3.8) is 0 Å². The number of ether oxygens (including phenoxy) is 1. The molecule has 7 nitrogen and oxygen atoms in total. The molecule has 1 aromatic rings. The first-order valence-corrected chi connectivity index (χ1v) is 8.65. The van der Waals surface area contributed by atoms with Crippen molar-refractivity contribution in [3.8, 4) is 0 Å². The molecule has 21 heavy (non-hydrogen) atoms. The zero-order valence-corrected chi connectivity index (χ0v) is 13.5. The van der Waals surface area contributed by atoms with Crippen LogP contribution in [0.5, 0.6) is 0 Å². The number of fused-ring (bicyclic) bond motifs is 1. The summed E-state index contributed by atoms with van der Waals surface area (Å²) in [5, 5.41) is 0.136. The number of nitrogens with zero attached hydrogens (tertiary/aromatic N) is 4. The highest BCUT2D eigenvalue weighted by atomic mass is 32.2. The fraction of sp³-hybridized carbons (Fsp3) is 0.769. The van der Waals surface area contributed by atoms with Crippen LogP contribution in [0.15, 0.2) is 11.2 Å². The molecule has 2 saturated heterocycles. The Balaban J connectivity index is 1.93. The van der Waals surface area contributed by atoms with Crippen LogP contribution < -0.4 is 0 Å². The highest BCUT2D eigenvalue weighted by Gasteiger charge is 2.43. The Morgan fingerprint density at radius 2 is 2.10 bits per heavy atom. The third kappa shape index (κ3) is 2.61. The largest absolute Gasteiger partial charge is 0.375 e. The van der Waals surface area contributed by atoms with Gasteiger partial charge >= 0.3 is 0 Å². The summed E-state index contributed by atoms with van der Waals surface area (Å²) in [6, 6.07) is -0.121. The van der Waals surface area contributed by atoms with Crippen molar-refractivity contribution in [1.29, 1.82) is 0 Å². The molecule has 2 aliphatic rings. The second-order valence-corrected chi connectivity index (χ2v) is 7.72. The number of sulfonamides is 1. The van der Waals surface area contributed by atoms with E-state index >= 15 is 0 Å². The van der Waals surface area contributed by atoms with Crippen molar-refractivity contribution in [2.24, 2.45) is 7.05 Å². The van der Waals surface area contributed by atoms with Crippen LogP contribution in [0.25, 0.3) is 0 Å². The average Bonchev–Trinajstić information content (AvgIpc) is 2.78. The lowest BCUT2D eigenvalue weighted by atomic mass is 10.0. The highest BCUT2D eigenvalue weighted by molar-refractivity contribution is 7.89. The van der Waals surface area contributed by atoms with Crippen LogP contribution >= 0.6 is 0 Å². The van der Waals surface area contributed by atoms with Crippen molar-refractivity contribution in [3.05, 3.63) is 12.0 Å². The van der Waals surface area contributed by atoms with Gasteiger partial charge in [0.05, 0.1) is 18.8 Å². The van der Waals surface area contributed by atoms with E-state index in [0.29, 0.717) is 25.5 Å². The van der Waals surface area contributed by atoms with E-state index in [2.05, 4.69) is 9.88 Å². The molecule has 8 heteroatoms. The number of aryl methyl sites for hydroxylation is 2. The first-order valence-electron chi connectivity index (χ1n) is 7.21. The van der Waals surface area contributed by atoms with E-state index < -0.39 is 10.0 Å². The van der Waals surface area contributed by atoms with Gasteiger partial charge in [0.25, 0.3) is 10.0 Å². The van der Waals surface area contributed by atoms with E-state index in [1.807, 2.05) is 7.05 Å². The third-order valence-corrected chi connectivity index (χ3v) is 6.19. The second-order valence-electron chi connectivity index (χ2n) is 5.88. The highest BCUT2D eigenvalue weighted by Crippen LogP contribution is 2.27. The van der Waals surface area contributed by atoms with Gasteiger partial charge in [0.2, 0.25) is 0 Å². The summed E-state index contributed by atoms with van der Waals surface area (Å²) >= 11 is 0. The number of hydrogen-bond acceptors (Lipinski definition) is 5. The molecule has 3 heterocycles. The van der Waals surface area contributed by atoms with Gasteiger partial charge in [-0.2, -0.15) is 4.31 Å². The Hall–Kier alpha value is -0.960. The molecule has 0 bridgehead atoms. The van der Waals surface area contributed by atoms with Crippen LogP contribution in [0.4, 0.5) is 0 Å². The fourth-order valence-corrected chi connectivity index (χ4v) is 4.72. The first-order chi connectivity index (χ1) is 9.89. The topological polar surface area (TPSA) is 67.7 Å². The molecule has 0 N–H and O–H groups in total. The third-order valence-electron chi connectivity index (χ3n) is 4.40. The summed E-state index contributed by atoms with van der Waals surface area (Å²) in [5.74, 6) is 0.694. The molecule has 0 saturated carbocycles. The van der Waals surface area contributed by atoms with E-state index in [4.69, 9.17) is 4.74 Å². The van der Waals surface area contributed by atoms with E-state index in [0.717, 1.165) is 13.0 Å². The molecular weight excluding hydrogens is 292 g/mol. The SMILES string of the molecule is Cc1nc(S(=O)(=O)N2CCO[C@H]3CCN(C)C[C@@H]32)cn1C. The van der Waals surface area contributed by atoms with Crippen LogP contribution in [0, 0.1) is 6.92 Å². The predicted molar refractivity (Wildman–Crippen MR) is 77.5 cm³/mol. The number of rotatable bonds is 2. The summed E-state index contributed by atoms with van der Waals surface area (Å²) < 4.78 is 34.9. The lowest BCUT2D eigenvalue weighted by molar-refractivity contribution is -0.0720. The zero-order valence-electron chi connectivity index (χ0n) is 12.7. The number of aromatic nitrogens is 2. The molecule has 3 rings (SSSR count). The van der Waals surface area contributed by atoms with Gasteiger partial charge in [-0.05, 0) is 20.4 Å². The maximum Gasteiger partial charge on any atom is 0.262 e. The molecule has 2 aliphatic heterocycles. The minimum atomic E-state index is -3.56. The standard InChI is InChI=1S/C13H22N4O3S/c1-10-14-13(9-16(10)3)21(18,19)17-6-7-20-12-4-5-15(2)8-11(12)17/h9,11-12H,4-8H2,1-3H3/t11-,12-/m0/s1. The minimum Gasteiger partial charge on any atom is -0.375 e. The molecule has 2 atom stereocenters. The molecule has 0 aromatic carbocycles. The van der Waals surface area contributed by atoms with Gasteiger partial charge in [0.15, 0.2) is 5.03 Å². The second kappa shape index (κ2) is 5.35. The molecule has 2 fully saturated rings. The van der Waals surface area contributed by atoms with Gasteiger partial charge in [0, 0.05) is 32.9 Å². The van der Waals surface area contributed by atoms with Crippen LogP contribution in [0.3, 0.4) is 0 Å². The van der Waals surface area contributed by atoms with Crippen molar-refractivity contribution >= 4 is 10.0 Å². The quantitative estimate of drug-likeness (QED) is 0.758. The summed E-state index contributed by atoms with van der Waals surface area (Å²) in [4.78, 5) is 6.35. The average molecular weight is 314 g/mol. The van der Waals surface area contributed by atoms with Crippen molar-refractivity contribution in [1.82, 2.24) is 18.8 Å². The van der Waals surface area contributed by atoms with Crippen molar-refractivity contribution in [2.45, 2.75) is 30.5 Å². The number of morpholine rings is 1. The summed E-state index contributed by atoms with van der Waals surface area (Å²) in [7, 11) is 0.255. The summed E-state index contributed by atoms with van der Waals surface area (Å²) in [6.07, 6.45) is 2.45. The summed E-state index contributed by atoms with van der Waals surface area (Å²) in [6.45, 7) is 4.30. The predicted octanol–water partition coefficient (Wildman–Crippen LogP) is -0.178. The monoisotopic (exact) mass is 314 g/mol. The van der Waals surface area contributed by atoms with Gasteiger partial charge in [-0.1, -0.05) is 0 Å². The molecule has 118 valence electrons. The lowest BCUT2D eigenvalue weighted by Crippen LogP contribution is -2.60. The van der Waals surface area contributed by atoms with Gasteiger partial charge < -0.3 is 14.2 Å². The molecule has 0 spiro atoms. The van der Waals surface area contributed by atoms with E-state index in [1.54, 1.807) is 29.0 Å². The normalized spacial score (nSPS) is 28.5. The van der Waals surface area contributed by atoms with E-state index in [9.17, 15) is 8.42 Å². The number of imidazole rings is 1. The fourth-order valence-electron chi connectivity index (χ4n) is 3.07. The van der Waals surface area contributed by atoms with Gasteiger partial charge in [-0.3, -0.25) is 0 Å². The van der Waals surface area contributed by atoms with Gasteiger partial charge in [0.1, 0.15) is 5.82 Å². The Labute approximate surface area is 125 Å². The maximum absolute atomic E-state index is 12.9. The van der Waals surface area contributed by atoms with Crippen LogP contribution in [0.1, 0.15) is 12.2 Å². The smallest absolute Gasteiger partial charge is 0.262 e.